The van der Waals surface area contributed by atoms with Crippen LogP contribution in [0.1, 0.15) is 22.8 Å². The highest BCUT2D eigenvalue weighted by Crippen LogP contribution is 2.42. The molecule has 1 atom stereocenters. The van der Waals surface area contributed by atoms with E-state index in [0.29, 0.717) is 5.56 Å². The molecule has 2 nitrogen and oxygen atoms in total. The first kappa shape index (κ1) is 14.1. The van der Waals surface area contributed by atoms with Gasteiger partial charge in [-0.2, -0.15) is 13.2 Å². The lowest BCUT2D eigenvalue weighted by atomic mass is 9.99. The maximum atomic E-state index is 12.5. The smallest absolute Gasteiger partial charge is 0.418 e. The molecule has 0 saturated carbocycles. The van der Waals surface area contributed by atoms with E-state index in [1.165, 1.54) is 20.1 Å². The molecule has 1 aromatic carbocycles. The summed E-state index contributed by atoms with van der Waals surface area (Å²) in [6.07, 6.45) is -7.35. The van der Waals surface area contributed by atoms with Crippen molar-refractivity contribution in [2.75, 3.05) is 7.11 Å². The first-order valence-electron chi connectivity index (χ1n) is 4.78. The van der Waals surface area contributed by atoms with Gasteiger partial charge in [-0.15, -0.1) is 0 Å². The van der Waals surface area contributed by atoms with Gasteiger partial charge in [0, 0.05) is 10.6 Å². The molecule has 1 unspecified atom stereocenters. The van der Waals surface area contributed by atoms with Crippen LogP contribution in [-0.2, 0) is 0 Å². The number of rotatable bonds is 2. The molecule has 0 fully saturated rings. The first-order chi connectivity index (χ1) is 7.70. The van der Waals surface area contributed by atoms with E-state index < -0.39 is 12.3 Å². The minimum Gasteiger partial charge on any atom is -0.496 e. The van der Waals surface area contributed by atoms with Gasteiger partial charge in [-0.3, -0.25) is 0 Å². The van der Waals surface area contributed by atoms with Crippen LogP contribution in [0.3, 0.4) is 0 Å². The van der Waals surface area contributed by atoms with Gasteiger partial charge in [0.25, 0.3) is 0 Å². The van der Waals surface area contributed by atoms with E-state index in [1.807, 2.05) is 0 Å². The van der Waals surface area contributed by atoms with Crippen molar-refractivity contribution in [3.63, 3.8) is 0 Å². The summed E-state index contributed by atoms with van der Waals surface area (Å²) in [6.45, 7) is 3.07. The van der Waals surface area contributed by atoms with Crippen molar-refractivity contribution in [3.8, 4) is 5.75 Å². The quantitative estimate of drug-likeness (QED) is 0.889. The summed E-state index contributed by atoms with van der Waals surface area (Å²) < 4.78 is 42.4. The molecule has 6 heteroatoms. The van der Waals surface area contributed by atoms with Crippen LogP contribution in [0.2, 0.25) is 5.02 Å². The van der Waals surface area contributed by atoms with Gasteiger partial charge < -0.3 is 9.84 Å². The van der Waals surface area contributed by atoms with Crippen molar-refractivity contribution in [2.24, 2.45) is 0 Å². The molecule has 1 aromatic rings. The lowest BCUT2D eigenvalue weighted by molar-refractivity contribution is -0.207. The summed E-state index contributed by atoms with van der Waals surface area (Å²) >= 11 is 5.87. The van der Waals surface area contributed by atoms with Crippen LogP contribution in [0.4, 0.5) is 13.2 Å². The fourth-order valence-electron chi connectivity index (χ4n) is 1.61. The topological polar surface area (TPSA) is 29.5 Å². The van der Waals surface area contributed by atoms with Crippen LogP contribution in [0, 0.1) is 13.8 Å². The molecule has 0 amide bonds. The number of halogens is 4. The van der Waals surface area contributed by atoms with E-state index in [4.69, 9.17) is 16.3 Å². The zero-order valence-corrected chi connectivity index (χ0v) is 10.3. The van der Waals surface area contributed by atoms with Crippen LogP contribution in [0.5, 0.6) is 5.75 Å². The third-order valence-electron chi connectivity index (χ3n) is 2.50. The Bertz CT molecular complexity index is 430. The molecule has 96 valence electrons. The van der Waals surface area contributed by atoms with E-state index in [2.05, 4.69) is 0 Å². The first-order valence-corrected chi connectivity index (χ1v) is 5.16. The minimum atomic E-state index is -4.75. The van der Waals surface area contributed by atoms with Crippen LogP contribution >= 0.6 is 11.6 Å². The Hall–Kier alpha value is -0.940. The van der Waals surface area contributed by atoms with Crippen molar-refractivity contribution >= 4 is 11.6 Å². The molecular formula is C11H12ClF3O2. The van der Waals surface area contributed by atoms with E-state index >= 15 is 0 Å². The summed E-state index contributed by atoms with van der Waals surface area (Å²) in [6, 6.07) is 1.37. The largest absolute Gasteiger partial charge is 0.496 e. The maximum Gasteiger partial charge on any atom is 0.418 e. The summed E-state index contributed by atoms with van der Waals surface area (Å²) in [7, 11) is 1.24. The fraction of sp³-hybridized carbons (Fsp3) is 0.455. The number of alkyl halides is 3. The number of hydrogen-bond donors (Lipinski definition) is 1. The monoisotopic (exact) mass is 268 g/mol. The zero-order valence-electron chi connectivity index (χ0n) is 9.52. The van der Waals surface area contributed by atoms with Crippen molar-refractivity contribution < 1.29 is 23.0 Å². The van der Waals surface area contributed by atoms with E-state index in [0.717, 1.165) is 0 Å². The van der Waals surface area contributed by atoms with Crippen LogP contribution in [0.25, 0.3) is 0 Å². The average Bonchev–Trinajstić information content (AvgIpc) is 2.23. The Morgan fingerprint density at radius 1 is 1.35 bits per heavy atom. The average molecular weight is 269 g/mol. The number of methoxy groups -OCH3 is 1. The molecule has 0 bridgehead atoms. The normalized spacial score (nSPS) is 13.6. The van der Waals surface area contributed by atoms with E-state index in [-0.39, 0.29) is 21.9 Å². The number of ether oxygens (including phenoxy) is 1. The van der Waals surface area contributed by atoms with E-state index in [9.17, 15) is 18.3 Å². The number of aliphatic hydroxyl groups is 1. The number of aryl methyl sites for hydroxylation is 1. The van der Waals surface area contributed by atoms with Crippen molar-refractivity contribution in [2.45, 2.75) is 26.1 Å². The molecule has 0 heterocycles. The highest BCUT2D eigenvalue weighted by Gasteiger charge is 2.42. The highest BCUT2D eigenvalue weighted by atomic mass is 35.5. The maximum absolute atomic E-state index is 12.5. The predicted molar refractivity (Wildman–Crippen MR) is 58.5 cm³/mol. The molecule has 0 aromatic heterocycles. The van der Waals surface area contributed by atoms with Gasteiger partial charge in [-0.05, 0) is 31.0 Å². The second-order valence-electron chi connectivity index (χ2n) is 3.69. The SMILES string of the molecule is COc1cc(C)c(Cl)c(C)c1C(O)C(F)(F)F. The van der Waals surface area contributed by atoms with Crippen LogP contribution < -0.4 is 4.74 Å². The molecule has 17 heavy (non-hydrogen) atoms. The van der Waals surface area contributed by atoms with Gasteiger partial charge in [0.05, 0.1) is 7.11 Å². The molecule has 0 saturated heterocycles. The number of benzene rings is 1. The van der Waals surface area contributed by atoms with Crippen LogP contribution in [-0.4, -0.2) is 18.4 Å². The summed E-state index contributed by atoms with van der Waals surface area (Å²) in [5.74, 6) is -0.0192. The Labute approximate surface area is 102 Å². The second-order valence-corrected chi connectivity index (χ2v) is 4.07. The Balaban J connectivity index is 3.46. The fourth-order valence-corrected chi connectivity index (χ4v) is 1.77. The molecule has 0 aliphatic rings. The van der Waals surface area contributed by atoms with Crippen LogP contribution in [0.15, 0.2) is 6.07 Å². The van der Waals surface area contributed by atoms with Crippen molar-refractivity contribution in [1.29, 1.82) is 0 Å². The molecule has 1 N–H and O–H groups in total. The van der Waals surface area contributed by atoms with Crippen molar-refractivity contribution in [1.82, 2.24) is 0 Å². The number of hydrogen-bond acceptors (Lipinski definition) is 2. The molecular weight excluding hydrogens is 257 g/mol. The second kappa shape index (κ2) is 4.74. The predicted octanol–water partition coefficient (Wildman–Crippen LogP) is 3.56. The van der Waals surface area contributed by atoms with Crippen molar-refractivity contribution in [3.05, 3.63) is 27.8 Å². The molecule has 1 rings (SSSR count). The molecule has 0 aliphatic carbocycles. The molecule has 0 aliphatic heterocycles. The lowest BCUT2D eigenvalue weighted by Gasteiger charge is -2.21. The van der Waals surface area contributed by atoms with Gasteiger partial charge >= 0.3 is 6.18 Å². The van der Waals surface area contributed by atoms with Gasteiger partial charge in [-0.25, -0.2) is 0 Å². The Morgan fingerprint density at radius 2 is 1.88 bits per heavy atom. The molecule has 0 spiro atoms. The van der Waals surface area contributed by atoms with Gasteiger partial charge in [0.1, 0.15) is 5.75 Å². The van der Waals surface area contributed by atoms with Gasteiger partial charge in [0.15, 0.2) is 6.10 Å². The standard InChI is InChI=1S/C11H12ClF3O2/c1-5-4-7(17-3)8(6(2)9(5)12)10(16)11(13,14)15/h4,10,16H,1-3H3. The molecule has 0 radical (unpaired) electrons. The van der Waals surface area contributed by atoms with Gasteiger partial charge in [-0.1, -0.05) is 11.6 Å². The summed E-state index contributed by atoms with van der Waals surface area (Å²) in [5, 5.41) is 9.50. The lowest BCUT2D eigenvalue weighted by Crippen LogP contribution is -2.22. The van der Waals surface area contributed by atoms with Gasteiger partial charge in [0.2, 0.25) is 0 Å². The third kappa shape index (κ3) is 2.66. The van der Waals surface area contributed by atoms with E-state index in [1.54, 1.807) is 6.92 Å². The zero-order chi connectivity index (χ0) is 13.4. The third-order valence-corrected chi connectivity index (χ3v) is 3.08. The summed E-state index contributed by atoms with van der Waals surface area (Å²) in [4.78, 5) is 0. The summed E-state index contributed by atoms with van der Waals surface area (Å²) in [5.41, 5.74) is 0.433. The minimum absolute atomic E-state index is 0.0192. The Kier molecular flexibility index (Phi) is 3.94. The Morgan fingerprint density at radius 3 is 2.29 bits per heavy atom. The highest BCUT2D eigenvalue weighted by molar-refractivity contribution is 6.32. The number of aliphatic hydroxyl groups excluding tert-OH is 1.